The molecule has 8 heteroatoms. The Bertz CT molecular complexity index is 538. The third-order valence-corrected chi connectivity index (χ3v) is 4.33. The first-order chi connectivity index (χ1) is 8.76. The highest BCUT2D eigenvalue weighted by atomic mass is 35.5. The van der Waals surface area contributed by atoms with E-state index in [1.165, 1.54) is 6.07 Å². The van der Waals surface area contributed by atoms with Gasteiger partial charge in [-0.05, 0) is 30.5 Å². The Balaban J connectivity index is 0.00000361. The molecule has 1 aromatic rings. The second kappa shape index (κ2) is 8.14. The van der Waals surface area contributed by atoms with Gasteiger partial charge >= 0.3 is 0 Å². The number of hydrogen-bond donors (Lipinski definition) is 2. The molecular formula is C12H19Cl2FN2O2S. The van der Waals surface area contributed by atoms with Gasteiger partial charge in [-0.1, -0.05) is 25.4 Å². The Morgan fingerprint density at radius 2 is 2.00 bits per heavy atom. The van der Waals surface area contributed by atoms with Crippen LogP contribution in [0.1, 0.15) is 20.3 Å². The molecule has 0 saturated heterocycles. The minimum absolute atomic E-state index is 0. The van der Waals surface area contributed by atoms with Crippen molar-refractivity contribution in [2.45, 2.75) is 31.2 Å². The lowest BCUT2D eigenvalue weighted by Crippen LogP contribution is -2.41. The first-order valence-electron chi connectivity index (χ1n) is 5.93. The fraction of sp³-hybridized carbons (Fsp3) is 0.500. The van der Waals surface area contributed by atoms with Crippen molar-refractivity contribution in [3.05, 3.63) is 29.0 Å². The van der Waals surface area contributed by atoms with Gasteiger partial charge < -0.3 is 5.73 Å². The SMILES string of the molecule is CC(C)CC(CN)NS(=O)(=O)c1ccc(Cl)cc1F.Cl. The maximum atomic E-state index is 13.6. The fourth-order valence-electron chi connectivity index (χ4n) is 1.74. The minimum Gasteiger partial charge on any atom is -0.329 e. The van der Waals surface area contributed by atoms with E-state index in [1.54, 1.807) is 0 Å². The van der Waals surface area contributed by atoms with E-state index in [4.69, 9.17) is 17.3 Å². The van der Waals surface area contributed by atoms with Gasteiger partial charge in [0.15, 0.2) is 0 Å². The van der Waals surface area contributed by atoms with E-state index in [0.29, 0.717) is 6.42 Å². The molecule has 1 unspecified atom stereocenters. The van der Waals surface area contributed by atoms with Crippen molar-refractivity contribution in [3.8, 4) is 0 Å². The molecule has 0 bridgehead atoms. The number of sulfonamides is 1. The van der Waals surface area contributed by atoms with Gasteiger partial charge in [0.1, 0.15) is 10.7 Å². The first kappa shape index (κ1) is 19.6. The zero-order valence-electron chi connectivity index (χ0n) is 11.3. The molecule has 0 aliphatic carbocycles. The van der Waals surface area contributed by atoms with Crippen LogP contribution >= 0.6 is 24.0 Å². The molecule has 1 atom stereocenters. The molecule has 0 spiro atoms. The summed E-state index contributed by atoms with van der Waals surface area (Å²) >= 11 is 5.59. The predicted octanol–water partition coefficient (Wildman–Crippen LogP) is 2.55. The van der Waals surface area contributed by atoms with E-state index < -0.39 is 26.8 Å². The lowest BCUT2D eigenvalue weighted by Gasteiger charge is -2.19. The van der Waals surface area contributed by atoms with Crippen molar-refractivity contribution >= 4 is 34.0 Å². The number of benzene rings is 1. The molecule has 1 rings (SSSR count). The Hall–Kier alpha value is -0.400. The van der Waals surface area contributed by atoms with Crippen LogP contribution in [0.25, 0.3) is 0 Å². The monoisotopic (exact) mass is 344 g/mol. The average molecular weight is 345 g/mol. The summed E-state index contributed by atoms with van der Waals surface area (Å²) in [6.45, 7) is 4.08. The molecule has 1 aromatic carbocycles. The molecule has 3 N–H and O–H groups in total. The summed E-state index contributed by atoms with van der Waals surface area (Å²) in [6, 6.07) is 3.03. The summed E-state index contributed by atoms with van der Waals surface area (Å²) in [5.74, 6) is -0.591. The molecule has 0 aromatic heterocycles. The van der Waals surface area contributed by atoms with Gasteiger partial charge in [-0.15, -0.1) is 12.4 Å². The van der Waals surface area contributed by atoms with Crippen LogP contribution in [0.15, 0.2) is 23.1 Å². The molecular weight excluding hydrogens is 326 g/mol. The van der Waals surface area contributed by atoms with Crippen LogP contribution in [0.5, 0.6) is 0 Å². The minimum atomic E-state index is -3.93. The molecule has 0 aliphatic heterocycles. The summed E-state index contributed by atoms with van der Waals surface area (Å²) in [5.41, 5.74) is 5.53. The maximum Gasteiger partial charge on any atom is 0.243 e. The van der Waals surface area contributed by atoms with E-state index in [2.05, 4.69) is 4.72 Å². The standard InChI is InChI=1S/C12H18ClFN2O2S.ClH/c1-8(2)5-10(7-15)16-19(17,18)12-4-3-9(13)6-11(12)14;/h3-4,6,8,10,16H,5,7,15H2,1-2H3;1H. The number of nitrogens with two attached hydrogens (primary N) is 1. The Kier molecular flexibility index (Phi) is 7.98. The van der Waals surface area contributed by atoms with Gasteiger partial charge in [0, 0.05) is 17.6 Å². The highest BCUT2D eigenvalue weighted by Gasteiger charge is 2.23. The summed E-state index contributed by atoms with van der Waals surface area (Å²) in [6.07, 6.45) is 0.588. The third kappa shape index (κ3) is 5.54. The van der Waals surface area contributed by atoms with Crippen LogP contribution in [0, 0.1) is 11.7 Å². The summed E-state index contributed by atoms with van der Waals surface area (Å²) in [5, 5.41) is 0.147. The second-order valence-electron chi connectivity index (χ2n) is 4.76. The smallest absolute Gasteiger partial charge is 0.243 e. The van der Waals surface area contributed by atoms with Crippen LogP contribution in [-0.4, -0.2) is 21.0 Å². The van der Waals surface area contributed by atoms with Crippen LogP contribution in [-0.2, 0) is 10.0 Å². The molecule has 20 heavy (non-hydrogen) atoms. The highest BCUT2D eigenvalue weighted by Crippen LogP contribution is 2.19. The van der Waals surface area contributed by atoms with E-state index in [0.717, 1.165) is 12.1 Å². The number of halogens is 3. The Labute approximate surface area is 130 Å². The quantitative estimate of drug-likeness (QED) is 0.832. The lowest BCUT2D eigenvalue weighted by atomic mass is 10.1. The van der Waals surface area contributed by atoms with Crippen molar-refractivity contribution in [2.75, 3.05) is 6.54 Å². The topological polar surface area (TPSA) is 72.2 Å². The predicted molar refractivity (Wildman–Crippen MR) is 81.3 cm³/mol. The zero-order chi connectivity index (χ0) is 14.6. The first-order valence-corrected chi connectivity index (χ1v) is 7.80. The second-order valence-corrected chi connectivity index (χ2v) is 6.88. The van der Waals surface area contributed by atoms with Crippen molar-refractivity contribution in [2.24, 2.45) is 11.7 Å². The number of hydrogen-bond acceptors (Lipinski definition) is 3. The van der Waals surface area contributed by atoms with E-state index in [1.807, 2.05) is 13.8 Å². The molecule has 0 heterocycles. The van der Waals surface area contributed by atoms with Crippen molar-refractivity contribution in [3.63, 3.8) is 0 Å². The van der Waals surface area contributed by atoms with Gasteiger partial charge in [0.25, 0.3) is 0 Å². The largest absolute Gasteiger partial charge is 0.329 e. The van der Waals surface area contributed by atoms with Gasteiger partial charge in [-0.2, -0.15) is 0 Å². The van der Waals surface area contributed by atoms with Gasteiger partial charge in [0.05, 0.1) is 0 Å². The molecule has 116 valence electrons. The zero-order valence-corrected chi connectivity index (χ0v) is 13.7. The van der Waals surface area contributed by atoms with Crippen LogP contribution in [0.2, 0.25) is 5.02 Å². The molecule has 0 radical (unpaired) electrons. The van der Waals surface area contributed by atoms with Crippen molar-refractivity contribution in [1.82, 2.24) is 4.72 Å². The molecule has 0 amide bonds. The van der Waals surface area contributed by atoms with E-state index in [-0.39, 0.29) is 29.9 Å². The summed E-state index contributed by atoms with van der Waals surface area (Å²) in [7, 11) is -3.93. The van der Waals surface area contributed by atoms with E-state index >= 15 is 0 Å². The number of nitrogens with one attached hydrogen (secondary N) is 1. The van der Waals surface area contributed by atoms with Crippen molar-refractivity contribution in [1.29, 1.82) is 0 Å². The van der Waals surface area contributed by atoms with Crippen LogP contribution < -0.4 is 10.5 Å². The summed E-state index contributed by atoms with van der Waals surface area (Å²) in [4.78, 5) is -0.417. The average Bonchev–Trinajstić information content (AvgIpc) is 2.26. The number of rotatable bonds is 6. The van der Waals surface area contributed by atoms with Gasteiger partial charge in [-0.3, -0.25) is 0 Å². The highest BCUT2D eigenvalue weighted by molar-refractivity contribution is 7.89. The molecule has 4 nitrogen and oxygen atoms in total. The van der Waals surface area contributed by atoms with Crippen LogP contribution in [0.4, 0.5) is 4.39 Å². The van der Waals surface area contributed by atoms with Crippen molar-refractivity contribution < 1.29 is 12.8 Å². The third-order valence-electron chi connectivity index (χ3n) is 2.55. The van der Waals surface area contributed by atoms with Crippen LogP contribution in [0.3, 0.4) is 0 Å². The Morgan fingerprint density at radius 3 is 2.45 bits per heavy atom. The molecule has 0 saturated carbocycles. The maximum absolute atomic E-state index is 13.6. The summed E-state index contributed by atoms with van der Waals surface area (Å²) < 4.78 is 40.2. The van der Waals surface area contributed by atoms with Gasteiger partial charge in [-0.25, -0.2) is 17.5 Å². The molecule has 0 fully saturated rings. The normalized spacial score (nSPS) is 13.1. The lowest BCUT2D eigenvalue weighted by molar-refractivity contribution is 0.463. The fourth-order valence-corrected chi connectivity index (χ4v) is 3.22. The Morgan fingerprint density at radius 1 is 1.40 bits per heavy atom. The molecule has 0 aliphatic rings. The van der Waals surface area contributed by atoms with Gasteiger partial charge in [0.2, 0.25) is 10.0 Å². The van der Waals surface area contributed by atoms with E-state index in [9.17, 15) is 12.8 Å².